The van der Waals surface area contributed by atoms with Crippen molar-refractivity contribution in [2.24, 2.45) is 0 Å². The van der Waals surface area contributed by atoms with Gasteiger partial charge in [-0.2, -0.15) is 0 Å². The molecule has 1 amide bonds. The Labute approximate surface area is 143 Å². The first-order valence-corrected chi connectivity index (χ1v) is 7.85. The van der Waals surface area contributed by atoms with Gasteiger partial charge in [0.05, 0.1) is 5.56 Å². The largest absolute Gasteiger partial charge is 0.436 e. The molecule has 3 aromatic rings. The molecule has 0 unspecified atom stereocenters. The average Bonchev–Trinajstić information content (AvgIpc) is 3.01. The van der Waals surface area contributed by atoms with Gasteiger partial charge >= 0.3 is 0 Å². The van der Waals surface area contributed by atoms with E-state index in [0.29, 0.717) is 46.4 Å². The van der Waals surface area contributed by atoms with E-state index in [0.717, 1.165) is 6.42 Å². The quantitative estimate of drug-likeness (QED) is 0.548. The van der Waals surface area contributed by atoms with Crippen molar-refractivity contribution in [2.75, 3.05) is 20.3 Å². The molecule has 124 valence electrons. The van der Waals surface area contributed by atoms with Crippen LogP contribution in [0.5, 0.6) is 0 Å². The number of benzene rings is 1. The summed E-state index contributed by atoms with van der Waals surface area (Å²) in [6.45, 7) is 1.16. The molecule has 2 heterocycles. The van der Waals surface area contributed by atoms with Gasteiger partial charge in [-0.05, 0) is 36.8 Å². The van der Waals surface area contributed by atoms with Gasteiger partial charge in [0.1, 0.15) is 10.7 Å². The van der Waals surface area contributed by atoms with Gasteiger partial charge in [-0.15, -0.1) is 0 Å². The van der Waals surface area contributed by atoms with Gasteiger partial charge in [0.25, 0.3) is 5.91 Å². The van der Waals surface area contributed by atoms with E-state index in [9.17, 15) is 4.79 Å². The minimum atomic E-state index is -0.162. The van der Waals surface area contributed by atoms with Crippen molar-refractivity contribution in [1.29, 1.82) is 0 Å². The van der Waals surface area contributed by atoms with Gasteiger partial charge in [-0.1, -0.05) is 11.6 Å². The molecule has 0 aliphatic carbocycles. The van der Waals surface area contributed by atoms with Crippen LogP contribution in [0.3, 0.4) is 0 Å². The van der Waals surface area contributed by atoms with Crippen LogP contribution in [0.1, 0.15) is 16.8 Å². The maximum atomic E-state index is 12.1. The number of hydrogen-bond donors (Lipinski definition) is 1. The normalized spacial score (nSPS) is 10.9. The molecule has 0 fully saturated rings. The number of fused-ring (bicyclic) bond motifs is 1. The van der Waals surface area contributed by atoms with E-state index in [4.69, 9.17) is 20.8 Å². The zero-order valence-electron chi connectivity index (χ0n) is 13.1. The molecular weight excluding hydrogens is 330 g/mol. The highest BCUT2D eigenvalue weighted by Crippen LogP contribution is 2.28. The number of nitrogens with one attached hydrogen (secondary N) is 1. The second-order valence-electron chi connectivity index (χ2n) is 5.15. The third-order valence-corrected chi connectivity index (χ3v) is 3.75. The highest BCUT2D eigenvalue weighted by Gasteiger charge is 2.14. The van der Waals surface area contributed by atoms with Gasteiger partial charge in [-0.25, -0.2) is 9.97 Å². The zero-order valence-corrected chi connectivity index (χ0v) is 13.8. The predicted octanol–water partition coefficient (Wildman–Crippen LogP) is 3.31. The highest BCUT2D eigenvalue weighted by molar-refractivity contribution is 6.31. The minimum Gasteiger partial charge on any atom is -0.436 e. The van der Waals surface area contributed by atoms with Crippen LogP contribution in [0.15, 0.2) is 40.9 Å². The Kier molecular flexibility index (Phi) is 5.08. The first-order valence-electron chi connectivity index (χ1n) is 7.47. The molecule has 3 rings (SSSR count). The van der Waals surface area contributed by atoms with Crippen molar-refractivity contribution < 1.29 is 13.9 Å². The first-order chi connectivity index (χ1) is 11.7. The maximum Gasteiger partial charge on any atom is 0.251 e. The van der Waals surface area contributed by atoms with Gasteiger partial charge in [0.15, 0.2) is 5.58 Å². The summed E-state index contributed by atoms with van der Waals surface area (Å²) in [5, 5.41) is 3.15. The minimum absolute atomic E-state index is 0.162. The van der Waals surface area contributed by atoms with Gasteiger partial charge in [0, 0.05) is 32.0 Å². The molecule has 0 aliphatic heterocycles. The highest BCUT2D eigenvalue weighted by atomic mass is 35.5. The van der Waals surface area contributed by atoms with Crippen molar-refractivity contribution in [2.45, 2.75) is 6.42 Å². The maximum absolute atomic E-state index is 12.1. The van der Waals surface area contributed by atoms with Crippen LogP contribution in [0.4, 0.5) is 0 Å². The van der Waals surface area contributed by atoms with E-state index < -0.39 is 0 Å². The summed E-state index contributed by atoms with van der Waals surface area (Å²) in [5.74, 6) is 0.214. The number of oxazole rings is 1. The molecule has 0 radical (unpaired) electrons. The molecule has 0 atom stereocenters. The van der Waals surface area contributed by atoms with Crippen LogP contribution in [0.25, 0.3) is 22.6 Å². The van der Waals surface area contributed by atoms with E-state index in [2.05, 4.69) is 15.3 Å². The fourth-order valence-corrected chi connectivity index (χ4v) is 2.45. The monoisotopic (exact) mass is 345 g/mol. The molecule has 7 heteroatoms. The molecule has 1 aromatic carbocycles. The lowest BCUT2D eigenvalue weighted by Crippen LogP contribution is -2.25. The average molecular weight is 346 g/mol. The summed E-state index contributed by atoms with van der Waals surface area (Å²) >= 11 is 6.07. The fourth-order valence-electron chi connectivity index (χ4n) is 2.25. The van der Waals surface area contributed by atoms with Crippen LogP contribution in [-0.4, -0.2) is 36.1 Å². The molecule has 1 N–H and O–H groups in total. The number of hydrogen-bond acceptors (Lipinski definition) is 5. The Hall–Kier alpha value is -2.44. The first kappa shape index (κ1) is 16.4. The van der Waals surface area contributed by atoms with Crippen molar-refractivity contribution >= 4 is 28.6 Å². The topological polar surface area (TPSA) is 77.2 Å². The summed E-state index contributed by atoms with van der Waals surface area (Å²) in [4.78, 5) is 20.5. The van der Waals surface area contributed by atoms with Gasteiger partial charge in [-0.3, -0.25) is 4.79 Å². The summed E-state index contributed by atoms with van der Waals surface area (Å²) < 4.78 is 10.7. The van der Waals surface area contributed by atoms with Crippen LogP contribution in [-0.2, 0) is 4.74 Å². The Balaban J connectivity index is 1.82. The van der Waals surface area contributed by atoms with E-state index in [1.54, 1.807) is 43.6 Å². The van der Waals surface area contributed by atoms with Crippen molar-refractivity contribution in [3.05, 3.63) is 47.2 Å². The van der Waals surface area contributed by atoms with Crippen molar-refractivity contribution in [3.8, 4) is 11.5 Å². The number of aromatic nitrogens is 2. The van der Waals surface area contributed by atoms with Gasteiger partial charge < -0.3 is 14.5 Å². The van der Waals surface area contributed by atoms with Crippen LogP contribution >= 0.6 is 11.6 Å². The molecule has 0 saturated carbocycles. The third kappa shape index (κ3) is 3.55. The predicted molar refractivity (Wildman–Crippen MR) is 91.1 cm³/mol. The van der Waals surface area contributed by atoms with Crippen LogP contribution in [0.2, 0.25) is 5.15 Å². The molecule has 24 heavy (non-hydrogen) atoms. The molecule has 0 saturated heterocycles. The number of ether oxygens (including phenoxy) is 1. The van der Waals surface area contributed by atoms with Crippen LogP contribution < -0.4 is 5.32 Å². The van der Waals surface area contributed by atoms with E-state index in [1.807, 2.05) is 0 Å². The van der Waals surface area contributed by atoms with Crippen molar-refractivity contribution in [1.82, 2.24) is 15.3 Å². The number of methoxy groups -OCH3 is 1. The lowest BCUT2D eigenvalue weighted by molar-refractivity contribution is 0.0948. The summed E-state index contributed by atoms with van der Waals surface area (Å²) in [7, 11) is 1.63. The molecular formula is C17H16ClN3O3. The summed E-state index contributed by atoms with van der Waals surface area (Å²) in [6, 6.07) is 8.67. The molecule has 2 aromatic heterocycles. The number of halogens is 1. The smallest absolute Gasteiger partial charge is 0.251 e. The van der Waals surface area contributed by atoms with Crippen LogP contribution in [0, 0.1) is 0 Å². The summed E-state index contributed by atoms with van der Waals surface area (Å²) in [5.41, 5.74) is 2.30. The summed E-state index contributed by atoms with van der Waals surface area (Å²) in [6.07, 6.45) is 2.36. The molecule has 0 bridgehead atoms. The number of amides is 1. The number of nitrogens with zero attached hydrogens (tertiary/aromatic N) is 2. The lowest BCUT2D eigenvalue weighted by Gasteiger charge is -2.04. The SMILES string of the molecule is COCCCNC(=O)c1ccc2nc(-c3cccnc3Cl)oc2c1. The van der Waals surface area contributed by atoms with E-state index in [-0.39, 0.29) is 5.91 Å². The molecule has 0 spiro atoms. The van der Waals surface area contributed by atoms with Crippen molar-refractivity contribution in [3.63, 3.8) is 0 Å². The number of carbonyl (C=O) groups is 1. The molecule has 6 nitrogen and oxygen atoms in total. The molecule has 0 aliphatic rings. The fraction of sp³-hybridized carbons (Fsp3) is 0.235. The Morgan fingerprint density at radius 3 is 3.04 bits per heavy atom. The Bertz CT molecular complexity index is 863. The number of carbonyl (C=O) groups excluding carboxylic acids is 1. The standard InChI is InChI=1S/C17H16ClN3O3/c1-23-9-3-8-20-16(22)11-5-6-13-14(10-11)24-17(21-13)12-4-2-7-19-15(12)18/h2,4-7,10H,3,8-9H2,1H3,(H,20,22). The van der Waals surface area contributed by atoms with E-state index >= 15 is 0 Å². The zero-order chi connectivity index (χ0) is 16.9. The van der Waals surface area contributed by atoms with Gasteiger partial charge in [0.2, 0.25) is 5.89 Å². The Morgan fingerprint density at radius 2 is 2.25 bits per heavy atom. The Morgan fingerprint density at radius 1 is 1.38 bits per heavy atom. The number of pyridine rings is 1. The number of rotatable bonds is 6. The third-order valence-electron chi connectivity index (χ3n) is 3.45. The van der Waals surface area contributed by atoms with E-state index in [1.165, 1.54) is 0 Å². The second kappa shape index (κ2) is 7.42. The lowest BCUT2D eigenvalue weighted by atomic mass is 10.2. The second-order valence-corrected chi connectivity index (χ2v) is 5.50.